The van der Waals surface area contributed by atoms with Gasteiger partial charge in [-0.25, -0.2) is 0 Å². The van der Waals surface area contributed by atoms with Crippen molar-refractivity contribution >= 4 is 36.0 Å². The Balaban J connectivity index is 0. The number of hydrogen-bond acceptors (Lipinski definition) is 6. The van der Waals surface area contributed by atoms with Crippen molar-refractivity contribution < 1.29 is 33.9 Å². The van der Waals surface area contributed by atoms with Crippen molar-refractivity contribution in [1.82, 2.24) is 24.5 Å². The summed E-state index contributed by atoms with van der Waals surface area (Å²) in [5, 5.41) is 8.66. The van der Waals surface area contributed by atoms with Crippen LogP contribution in [0.15, 0.2) is 0 Å². The molecule has 0 fully saturated rings. The summed E-state index contributed by atoms with van der Waals surface area (Å²) in [5.74, 6) is -3.25. The topological polar surface area (TPSA) is 139 Å². The van der Waals surface area contributed by atoms with E-state index in [1.54, 1.807) is 0 Å². The second-order valence-electron chi connectivity index (χ2n) is 6.34. The first-order valence-corrected chi connectivity index (χ1v) is 8.15. The molecule has 1 N–H and O–H groups in total. The summed E-state index contributed by atoms with van der Waals surface area (Å²) in [7, 11) is 6.79. The molecule has 12 nitrogen and oxygen atoms in total. The van der Waals surface area contributed by atoms with Gasteiger partial charge in [-0.05, 0) is 7.05 Å². The molecule has 170 valence electrons. The van der Waals surface area contributed by atoms with E-state index >= 15 is 0 Å². The van der Waals surface area contributed by atoms with Crippen LogP contribution in [0.2, 0.25) is 0 Å². The number of carbonyl (C=O) groups excluding carboxylic acids is 5. The molecule has 5 amide bonds. The fraction of sp³-hybridized carbons (Fsp3) is 0.625. The Hall–Kier alpha value is -4.18. The van der Waals surface area contributed by atoms with Gasteiger partial charge in [-0.15, -0.1) is 0 Å². The summed E-state index contributed by atoms with van der Waals surface area (Å²) in [6, 6.07) is 0. The molecular formula is C16H26FmN5O7-. The van der Waals surface area contributed by atoms with Crippen LogP contribution in [-0.4, -0.2) is 134 Å². The van der Waals surface area contributed by atoms with E-state index in [0.29, 0.717) is 0 Å². The third-order valence-corrected chi connectivity index (χ3v) is 3.72. The Morgan fingerprint density at radius 1 is 0.621 bits per heavy atom. The van der Waals surface area contributed by atoms with Gasteiger partial charge >= 0.3 is 5.97 Å². The summed E-state index contributed by atoms with van der Waals surface area (Å²) < 4.78 is 0. The normalized spacial score (nSPS) is 9.55. The molecule has 0 rings (SSSR count). The Morgan fingerprint density at radius 3 is 1.17 bits per heavy atom. The number of likely N-dealkylation sites (N-methyl/N-ethyl adjacent to an activating group) is 5. The van der Waals surface area contributed by atoms with E-state index in [4.69, 9.17) is 5.11 Å². The van der Waals surface area contributed by atoms with E-state index in [0.717, 1.165) is 24.5 Å². The predicted molar refractivity (Wildman–Crippen MR) is 96.5 cm³/mol. The number of carboxylic acid groups (broad SMARTS) is 1. The molecule has 0 radical (unpaired) electrons. The van der Waals surface area contributed by atoms with Crippen LogP contribution >= 0.6 is 0 Å². The molecule has 0 aliphatic heterocycles. The zero-order valence-electron chi connectivity index (χ0n) is 17.0. The summed E-state index contributed by atoms with van der Waals surface area (Å²) in [6.07, 6.45) is 1.53. The molecule has 0 atom stereocenters. The Bertz CT molecular complexity index is 631. The van der Waals surface area contributed by atoms with Crippen LogP contribution in [0.3, 0.4) is 0 Å². The van der Waals surface area contributed by atoms with E-state index in [-0.39, 0.29) is 26.2 Å². The average Bonchev–Trinajstić information content (AvgIpc) is 2.60. The summed E-state index contributed by atoms with van der Waals surface area (Å²) in [5.41, 5.74) is 0. The largest absolute Gasteiger partial charge is 0.520 e. The maximum Gasteiger partial charge on any atom is 0.323 e. The van der Waals surface area contributed by atoms with Crippen molar-refractivity contribution in [3.63, 3.8) is 0 Å². The van der Waals surface area contributed by atoms with E-state index < -0.39 is 36.1 Å². The van der Waals surface area contributed by atoms with E-state index in [9.17, 15) is 28.8 Å². The van der Waals surface area contributed by atoms with E-state index in [1.165, 1.54) is 41.6 Å². The van der Waals surface area contributed by atoms with E-state index in [1.807, 2.05) is 0 Å². The summed E-state index contributed by atoms with van der Waals surface area (Å²) >= 11 is 0. The van der Waals surface area contributed by atoms with Gasteiger partial charge in [0.05, 0.1) is 26.2 Å². The maximum absolute atomic E-state index is 12.2. The minimum atomic E-state index is -1.17. The molecule has 29 heavy (non-hydrogen) atoms. The fourth-order valence-corrected chi connectivity index (χ4v) is 1.88. The second kappa shape index (κ2) is 12.3. The van der Waals surface area contributed by atoms with Crippen LogP contribution < -0.4 is 0 Å². The van der Waals surface area contributed by atoms with Crippen molar-refractivity contribution in [3.05, 3.63) is 0 Å². The van der Waals surface area contributed by atoms with Gasteiger partial charge in [-0.3, -0.25) is 24.0 Å². The van der Waals surface area contributed by atoms with Crippen LogP contribution in [0, 0.1) is 0 Å². The average molecular weight is 657 g/mol. The number of carbonyl (C=O) groups is 5. The van der Waals surface area contributed by atoms with Crippen molar-refractivity contribution in [1.29, 1.82) is 0 Å². The van der Waals surface area contributed by atoms with Crippen molar-refractivity contribution in [2.24, 2.45) is 0 Å². The standard InChI is InChI=1S/C16H26N5O7.Fm/c1-17(11-22)6-12(23)18(2)7-13(24)19(3)8-14(25)20(4)9-15(26)21(5)10-16(27)28;/h6-10H2,1-5H3,(H,27,28);/q-1;. The third-order valence-electron chi connectivity index (χ3n) is 3.72. The zero-order valence-corrected chi connectivity index (χ0v) is 19.4. The molecule has 0 aliphatic rings. The maximum atomic E-state index is 12.2. The van der Waals surface area contributed by atoms with Gasteiger partial charge in [0.25, 0.3) is 0 Å². The van der Waals surface area contributed by atoms with Crippen LogP contribution in [-0.2, 0) is 28.8 Å². The van der Waals surface area contributed by atoms with Crippen molar-refractivity contribution in [2.75, 3.05) is 68.0 Å². The van der Waals surface area contributed by atoms with Gasteiger partial charge in [-0.1, -0.05) is 0 Å². The van der Waals surface area contributed by atoms with Gasteiger partial charge in [0.15, 0.2) is 0 Å². The summed E-state index contributed by atoms with van der Waals surface area (Å²) in [4.78, 5) is 74.3. The summed E-state index contributed by atoms with van der Waals surface area (Å²) in [6.45, 7) is -1.67. The van der Waals surface area contributed by atoms with Crippen LogP contribution in [0.5, 0.6) is 0 Å². The van der Waals surface area contributed by atoms with Crippen molar-refractivity contribution in [2.45, 2.75) is 0 Å². The molecular weight excluding hydrogens is 631 g/mol. The molecule has 0 aromatic carbocycles. The minimum Gasteiger partial charge on any atom is -0.520 e. The molecule has 0 heterocycles. The first-order chi connectivity index (χ1) is 12.9. The Morgan fingerprint density at radius 2 is 0.897 bits per heavy atom. The third kappa shape index (κ3) is 9.92. The van der Waals surface area contributed by atoms with E-state index in [2.05, 4.69) is 0 Å². The number of nitrogens with zero attached hydrogens (tertiary/aromatic N) is 5. The zero-order chi connectivity index (χ0) is 22.0. The van der Waals surface area contributed by atoms with Gasteiger partial charge < -0.3 is 34.4 Å². The number of carboxylic acids is 1. The molecule has 0 aliphatic carbocycles. The molecule has 0 spiro atoms. The molecule has 0 saturated carbocycles. The molecule has 0 aromatic rings. The van der Waals surface area contributed by atoms with Gasteiger partial charge in [-0.2, -0.15) is 6.41 Å². The minimum absolute atomic E-state index is 0. The Labute approximate surface area is 163 Å². The first kappa shape index (κ1) is 27.0. The van der Waals surface area contributed by atoms with Gasteiger partial charge in [0.2, 0.25) is 23.6 Å². The molecule has 0 unspecified atom stereocenters. The SMILES string of the molecule is CN([C-]=O)CC(=O)N(C)CC(=O)N(C)CC(=O)N(C)CC(=O)N(C)CC(=O)O.[Fm]. The van der Waals surface area contributed by atoms with Crippen molar-refractivity contribution in [3.8, 4) is 0 Å². The second-order valence-corrected chi connectivity index (χ2v) is 6.34. The predicted octanol–water partition coefficient (Wildman–Crippen LogP) is -3.10. The molecule has 0 bridgehead atoms. The van der Waals surface area contributed by atoms with Gasteiger partial charge in [0.1, 0.15) is 6.54 Å². The molecule has 0 aromatic heterocycles. The van der Waals surface area contributed by atoms with Gasteiger partial charge in [0, 0.05) is 28.2 Å². The van der Waals surface area contributed by atoms with Crippen LogP contribution in [0.1, 0.15) is 0 Å². The number of hydrogen-bond donors (Lipinski definition) is 1. The monoisotopic (exact) mass is 657 g/mol. The molecule has 0 saturated heterocycles. The smallest absolute Gasteiger partial charge is 0.323 e. The van der Waals surface area contributed by atoms with Crippen LogP contribution in [0.4, 0.5) is 0 Å². The Kier molecular flexibility index (Phi) is 11.4. The number of amides is 5. The van der Waals surface area contributed by atoms with Crippen LogP contribution in [0.25, 0.3) is 0 Å². The fourth-order valence-electron chi connectivity index (χ4n) is 1.88. The quantitative estimate of drug-likeness (QED) is 0.184. The molecule has 13 heteroatoms. The first-order valence-electron chi connectivity index (χ1n) is 8.15. The number of rotatable bonds is 11. The number of aliphatic carboxylic acids is 1.